The van der Waals surface area contributed by atoms with E-state index in [9.17, 15) is 22.8 Å². The van der Waals surface area contributed by atoms with Crippen LogP contribution in [-0.2, 0) is 14.3 Å². The van der Waals surface area contributed by atoms with Crippen molar-refractivity contribution >= 4 is 11.8 Å². The Morgan fingerprint density at radius 1 is 1.42 bits per heavy atom. The zero-order chi connectivity index (χ0) is 9.78. The van der Waals surface area contributed by atoms with Gasteiger partial charge in [-0.3, -0.25) is 4.79 Å². The summed E-state index contributed by atoms with van der Waals surface area (Å²) < 4.78 is 40.0. The van der Waals surface area contributed by atoms with Crippen LogP contribution in [0.3, 0.4) is 0 Å². The number of carbonyl (C=O) groups is 2. The number of ketones is 1. The molecule has 0 rings (SSSR count). The van der Waals surface area contributed by atoms with Gasteiger partial charge in [0.2, 0.25) is 5.78 Å². The van der Waals surface area contributed by atoms with Gasteiger partial charge in [-0.2, -0.15) is 8.78 Å². The molecular formula is C6H7F3O3. The number of halogens is 3. The molecular weight excluding hydrogens is 177 g/mol. The number of ether oxygens (including phenoxy) is 1. The predicted molar refractivity (Wildman–Crippen MR) is 32.6 cm³/mol. The molecule has 0 spiro atoms. The Morgan fingerprint density at radius 2 is 1.92 bits per heavy atom. The Balaban J connectivity index is 4.38. The van der Waals surface area contributed by atoms with Crippen LogP contribution in [0.25, 0.3) is 0 Å². The number of hydrogen-bond donors (Lipinski definition) is 0. The fourth-order valence-corrected chi connectivity index (χ4v) is 0.419. The summed E-state index contributed by atoms with van der Waals surface area (Å²) in [7, 11) is 0. The maximum atomic E-state index is 12.3. The van der Waals surface area contributed by atoms with Gasteiger partial charge in [0.1, 0.15) is 0 Å². The van der Waals surface area contributed by atoms with Crippen LogP contribution >= 0.6 is 0 Å². The maximum absolute atomic E-state index is 12.3. The quantitative estimate of drug-likeness (QED) is 0.477. The molecule has 0 fully saturated rings. The SMILES string of the molecule is CCOC(=O)C(F)(F)C(=O)CF. The molecule has 0 aromatic heterocycles. The lowest BCUT2D eigenvalue weighted by Crippen LogP contribution is -2.40. The number of carbonyl (C=O) groups excluding carboxylic acids is 2. The number of alkyl halides is 3. The molecule has 0 aliphatic carbocycles. The molecule has 0 saturated heterocycles. The van der Waals surface area contributed by atoms with Crippen molar-refractivity contribution in [2.45, 2.75) is 12.8 Å². The Hall–Kier alpha value is -1.07. The van der Waals surface area contributed by atoms with Gasteiger partial charge < -0.3 is 4.74 Å². The van der Waals surface area contributed by atoms with Crippen LogP contribution in [0.1, 0.15) is 6.92 Å². The monoisotopic (exact) mass is 184 g/mol. The van der Waals surface area contributed by atoms with E-state index in [1.54, 1.807) is 0 Å². The first-order valence-corrected chi connectivity index (χ1v) is 3.11. The van der Waals surface area contributed by atoms with Crippen molar-refractivity contribution in [3.63, 3.8) is 0 Å². The Kier molecular flexibility index (Phi) is 3.72. The first kappa shape index (κ1) is 10.9. The normalized spacial score (nSPS) is 11.0. The summed E-state index contributed by atoms with van der Waals surface area (Å²) in [6.45, 7) is -0.867. The van der Waals surface area contributed by atoms with E-state index in [1.807, 2.05) is 0 Å². The van der Waals surface area contributed by atoms with Gasteiger partial charge in [0.25, 0.3) is 0 Å². The molecule has 0 aromatic rings. The third kappa shape index (κ3) is 2.21. The number of hydrogen-bond acceptors (Lipinski definition) is 3. The third-order valence-electron chi connectivity index (χ3n) is 1.00. The van der Waals surface area contributed by atoms with E-state index < -0.39 is 24.3 Å². The fraction of sp³-hybridized carbons (Fsp3) is 0.667. The Morgan fingerprint density at radius 3 is 2.25 bits per heavy atom. The minimum absolute atomic E-state index is 0.284. The highest BCUT2D eigenvalue weighted by atomic mass is 19.3. The van der Waals surface area contributed by atoms with Gasteiger partial charge in [0.05, 0.1) is 6.61 Å². The van der Waals surface area contributed by atoms with Crippen molar-refractivity contribution in [1.29, 1.82) is 0 Å². The molecule has 0 N–H and O–H groups in total. The first-order valence-electron chi connectivity index (χ1n) is 3.11. The van der Waals surface area contributed by atoms with E-state index in [-0.39, 0.29) is 6.61 Å². The number of rotatable bonds is 4. The van der Waals surface area contributed by atoms with Gasteiger partial charge in [-0.15, -0.1) is 0 Å². The van der Waals surface area contributed by atoms with Gasteiger partial charge in [-0.25, -0.2) is 9.18 Å². The van der Waals surface area contributed by atoms with Crippen LogP contribution in [0.5, 0.6) is 0 Å². The summed E-state index contributed by atoms with van der Waals surface area (Å²) in [5, 5.41) is 0. The molecule has 0 unspecified atom stereocenters. The van der Waals surface area contributed by atoms with E-state index >= 15 is 0 Å². The minimum atomic E-state index is -4.36. The summed E-state index contributed by atoms with van der Waals surface area (Å²) in [5.74, 6) is -8.45. The summed E-state index contributed by atoms with van der Waals surface area (Å²) in [6, 6.07) is 0. The van der Waals surface area contributed by atoms with Crippen molar-refractivity contribution < 1.29 is 27.5 Å². The summed E-state index contributed by atoms with van der Waals surface area (Å²) in [4.78, 5) is 20.4. The summed E-state index contributed by atoms with van der Waals surface area (Å²) in [6.07, 6.45) is 0. The zero-order valence-electron chi connectivity index (χ0n) is 6.27. The molecule has 0 saturated carbocycles. The van der Waals surface area contributed by atoms with E-state index in [1.165, 1.54) is 6.92 Å². The van der Waals surface area contributed by atoms with Crippen molar-refractivity contribution in [3.05, 3.63) is 0 Å². The molecule has 0 aliphatic heterocycles. The van der Waals surface area contributed by atoms with Crippen molar-refractivity contribution in [2.24, 2.45) is 0 Å². The molecule has 3 nitrogen and oxygen atoms in total. The van der Waals surface area contributed by atoms with Crippen molar-refractivity contribution in [1.82, 2.24) is 0 Å². The maximum Gasteiger partial charge on any atom is 0.402 e. The third-order valence-corrected chi connectivity index (χ3v) is 1.00. The van der Waals surface area contributed by atoms with E-state index in [0.29, 0.717) is 0 Å². The Labute approximate surface area is 66.5 Å². The molecule has 0 aliphatic rings. The molecule has 0 atom stereocenters. The molecule has 0 bridgehead atoms. The average Bonchev–Trinajstić information content (AvgIpc) is 2.03. The molecule has 0 radical (unpaired) electrons. The second-order valence-corrected chi connectivity index (χ2v) is 1.85. The topological polar surface area (TPSA) is 43.4 Å². The molecule has 0 amide bonds. The fourth-order valence-electron chi connectivity index (χ4n) is 0.419. The molecule has 0 aromatic carbocycles. The Bertz CT molecular complexity index is 190. The largest absolute Gasteiger partial charge is 0.461 e. The van der Waals surface area contributed by atoms with Gasteiger partial charge in [0, 0.05) is 0 Å². The highest BCUT2D eigenvalue weighted by Gasteiger charge is 2.48. The second-order valence-electron chi connectivity index (χ2n) is 1.85. The molecule has 6 heteroatoms. The minimum Gasteiger partial charge on any atom is -0.461 e. The van der Waals surface area contributed by atoms with Crippen molar-refractivity contribution in [3.8, 4) is 0 Å². The van der Waals surface area contributed by atoms with Crippen molar-refractivity contribution in [2.75, 3.05) is 13.3 Å². The number of Topliss-reactive ketones (excluding diaryl/α,β-unsaturated/α-hetero) is 1. The highest BCUT2D eigenvalue weighted by molar-refractivity contribution is 6.05. The smallest absolute Gasteiger partial charge is 0.402 e. The predicted octanol–water partition coefficient (Wildman–Crippen LogP) is 0.723. The average molecular weight is 184 g/mol. The first-order chi connectivity index (χ1) is 5.46. The van der Waals surface area contributed by atoms with Gasteiger partial charge in [-0.1, -0.05) is 0 Å². The van der Waals surface area contributed by atoms with Gasteiger partial charge >= 0.3 is 11.9 Å². The van der Waals surface area contributed by atoms with Crippen LogP contribution in [-0.4, -0.2) is 31.0 Å². The molecule has 12 heavy (non-hydrogen) atoms. The van der Waals surface area contributed by atoms with E-state index in [4.69, 9.17) is 0 Å². The van der Waals surface area contributed by atoms with Crippen LogP contribution in [0, 0.1) is 0 Å². The van der Waals surface area contributed by atoms with E-state index in [0.717, 1.165) is 0 Å². The lowest BCUT2D eigenvalue weighted by Gasteiger charge is -2.10. The standard InChI is InChI=1S/C6H7F3O3/c1-2-12-5(11)6(8,9)4(10)3-7/h2-3H2,1H3. The lowest BCUT2D eigenvalue weighted by molar-refractivity contribution is -0.176. The van der Waals surface area contributed by atoms with Crippen LogP contribution in [0.4, 0.5) is 13.2 Å². The van der Waals surface area contributed by atoms with E-state index in [2.05, 4.69) is 4.74 Å². The lowest BCUT2D eigenvalue weighted by atomic mass is 10.2. The summed E-state index contributed by atoms with van der Waals surface area (Å²) in [5.41, 5.74) is 0. The van der Waals surface area contributed by atoms with Crippen LogP contribution in [0.2, 0.25) is 0 Å². The number of esters is 1. The molecule has 0 heterocycles. The van der Waals surface area contributed by atoms with Crippen LogP contribution in [0.15, 0.2) is 0 Å². The molecule has 70 valence electrons. The highest BCUT2D eigenvalue weighted by Crippen LogP contribution is 2.16. The summed E-state index contributed by atoms with van der Waals surface area (Å²) >= 11 is 0. The zero-order valence-corrected chi connectivity index (χ0v) is 6.27. The van der Waals surface area contributed by atoms with Crippen LogP contribution < -0.4 is 0 Å². The van der Waals surface area contributed by atoms with Gasteiger partial charge in [0.15, 0.2) is 6.67 Å². The van der Waals surface area contributed by atoms with Gasteiger partial charge in [-0.05, 0) is 6.92 Å². The second kappa shape index (κ2) is 4.08.